The molecule has 0 spiro atoms. The van der Waals surface area contributed by atoms with E-state index in [2.05, 4.69) is 27.3 Å². The lowest BCUT2D eigenvalue weighted by Crippen LogP contribution is -1.83. The first-order valence-corrected chi connectivity index (χ1v) is 2.20. The van der Waals surface area contributed by atoms with E-state index >= 15 is 0 Å². The third-order valence-corrected chi connectivity index (χ3v) is 0.558. The Morgan fingerprint density at radius 1 is 1.67 bits per heavy atom. The molecule has 0 unspecified atom stereocenters. The van der Waals surface area contributed by atoms with Crippen molar-refractivity contribution >= 4 is 29.0 Å². The fraction of sp³-hybridized carbons (Fsp3) is 1.00. The lowest BCUT2D eigenvalue weighted by atomic mass is 10.5. The van der Waals surface area contributed by atoms with Crippen molar-refractivity contribution in [2.75, 3.05) is 6.61 Å². The molecule has 0 fully saturated rings. The van der Waals surface area contributed by atoms with Crippen molar-refractivity contribution in [1.29, 1.82) is 0 Å². The average Bonchev–Trinajstić information content (AvgIpc) is 1.41. The topological polar surface area (TPSA) is 9.23 Å². The van der Waals surface area contributed by atoms with Crippen LogP contribution in [0.5, 0.6) is 0 Å². The Kier molecular flexibility index (Phi) is 15.3. The molecule has 0 aromatic rings. The molecule has 0 N–H and O–H groups in total. The molecule has 1 nitrogen and oxygen atoms in total. The highest BCUT2D eigenvalue weighted by Crippen LogP contribution is 1.69. The third kappa shape index (κ3) is 8.84. The first-order chi connectivity index (χ1) is 2.41. The van der Waals surface area contributed by atoms with Crippen LogP contribution in [-0.4, -0.2) is 23.2 Å². The first-order valence-electron chi connectivity index (χ1n) is 1.73. The van der Waals surface area contributed by atoms with Crippen LogP contribution in [0.1, 0.15) is 13.3 Å². The summed E-state index contributed by atoms with van der Waals surface area (Å²) in [6.45, 7) is 2.93. The number of hydrogen-bond donors (Lipinski definition) is 0. The zero-order valence-electron chi connectivity index (χ0n) is 3.81. The van der Waals surface area contributed by atoms with Crippen molar-refractivity contribution in [3.05, 3.63) is 0 Å². The van der Waals surface area contributed by atoms with Crippen LogP contribution >= 0.6 is 12.4 Å². The van der Waals surface area contributed by atoms with E-state index in [9.17, 15) is 0 Å². The van der Waals surface area contributed by atoms with E-state index in [1.165, 1.54) is 0 Å². The van der Waals surface area contributed by atoms with E-state index in [1.807, 2.05) is 0 Å². The van der Waals surface area contributed by atoms with E-state index < -0.39 is 0 Å². The molecule has 3 heteroatoms. The van der Waals surface area contributed by atoms with Crippen LogP contribution in [0.4, 0.5) is 0 Å². The average molecular weight is 123 g/mol. The molecule has 36 valence electrons. The lowest BCUT2D eigenvalue weighted by Gasteiger charge is -1.87. The van der Waals surface area contributed by atoms with Crippen LogP contribution in [0.2, 0.25) is 0 Å². The molecular formula is C3H8AlClO. The summed E-state index contributed by atoms with van der Waals surface area (Å²) in [6, 6.07) is 0. The molecule has 0 aliphatic rings. The minimum absolute atomic E-state index is 0. The summed E-state index contributed by atoms with van der Waals surface area (Å²) in [5.74, 6) is 0. The minimum Gasteiger partial charge on any atom is -0.516 e. The van der Waals surface area contributed by atoms with Crippen molar-refractivity contribution in [1.82, 2.24) is 0 Å². The maximum Gasteiger partial charge on any atom is 0.369 e. The molecule has 0 saturated heterocycles. The fourth-order valence-electron chi connectivity index (χ4n) is 0.118. The molecular weight excluding hydrogens is 114 g/mol. The minimum atomic E-state index is 0. The SMILES string of the molecule is CCC[O][Al].Cl. The number of rotatable bonds is 2. The third-order valence-electron chi connectivity index (χ3n) is 0.322. The Bertz CT molecular complexity index is 18.3. The smallest absolute Gasteiger partial charge is 0.369 e. The second-order valence-corrected chi connectivity index (χ2v) is 1.20. The van der Waals surface area contributed by atoms with Crippen LogP contribution in [0, 0.1) is 0 Å². The Hall–Kier alpha value is 0.782. The van der Waals surface area contributed by atoms with Crippen LogP contribution < -0.4 is 0 Å². The molecule has 6 heavy (non-hydrogen) atoms. The van der Waals surface area contributed by atoms with Gasteiger partial charge >= 0.3 is 16.6 Å². The van der Waals surface area contributed by atoms with Gasteiger partial charge < -0.3 is 3.79 Å². The quantitative estimate of drug-likeness (QED) is 0.495. The van der Waals surface area contributed by atoms with Gasteiger partial charge in [-0.3, -0.25) is 0 Å². The van der Waals surface area contributed by atoms with Crippen molar-refractivity contribution in [3.63, 3.8) is 0 Å². The van der Waals surface area contributed by atoms with E-state index in [4.69, 9.17) is 0 Å². The Morgan fingerprint density at radius 3 is 2.17 bits per heavy atom. The molecule has 0 aromatic carbocycles. The molecule has 0 rings (SSSR count). The van der Waals surface area contributed by atoms with Crippen LogP contribution in [0.25, 0.3) is 0 Å². The van der Waals surface area contributed by atoms with E-state index in [0.717, 1.165) is 13.0 Å². The van der Waals surface area contributed by atoms with Gasteiger partial charge in [0.05, 0.1) is 0 Å². The molecule has 0 heterocycles. The molecule has 0 aromatic heterocycles. The van der Waals surface area contributed by atoms with Gasteiger partial charge in [0.25, 0.3) is 0 Å². The first kappa shape index (κ1) is 9.92. The van der Waals surface area contributed by atoms with Gasteiger partial charge in [-0.15, -0.1) is 12.4 Å². The Labute approximate surface area is 53.2 Å². The zero-order valence-corrected chi connectivity index (χ0v) is 5.78. The Morgan fingerprint density at radius 2 is 2.17 bits per heavy atom. The van der Waals surface area contributed by atoms with Gasteiger partial charge in [-0.1, -0.05) is 6.92 Å². The van der Waals surface area contributed by atoms with Gasteiger partial charge in [0.15, 0.2) is 0 Å². The standard InChI is InChI=1S/C3H7O.Al.ClH/c1-2-3-4;;/h2-3H2,1H3;;1H/q-1;+1;. The summed E-state index contributed by atoms with van der Waals surface area (Å²) in [6.07, 6.45) is 1.10. The van der Waals surface area contributed by atoms with Gasteiger partial charge in [-0.2, -0.15) is 0 Å². The summed E-state index contributed by atoms with van der Waals surface area (Å²) >= 11 is 2.20. The van der Waals surface area contributed by atoms with Crippen LogP contribution in [0.15, 0.2) is 0 Å². The van der Waals surface area contributed by atoms with E-state index in [1.54, 1.807) is 0 Å². The highest BCUT2D eigenvalue weighted by atomic mass is 35.5. The molecule has 0 aliphatic carbocycles. The number of hydrogen-bond acceptors (Lipinski definition) is 1. The zero-order chi connectivity index (χ0) is 4.12. The molecule has 0 saturated carbocycles. The van der Waals surface area contributed by atoms with Crippen molar-refractivity contribution in [3.8, 4) is 0 Å². The highest BCUT2D eigenvalue weighted by molar-refractivity contribution is 5.97. The molecule has 0 aliphatic heterocycles. The summed E-state index contributed by atoms with van der Waals surface area (Å²) in [5, 5.41) is 0. The monoisotopic (exact) mass is 122 g/mol. The van der Waals surface area contributed by atoms with Crippen LogP contribution in [0.3, 0.4) is 0 Å². The number of halogens is 1. The van der Waals surface area contributed by atoms with Gasteiger partial charge in [-0.25, -0.2) is 0 Å². The normalized spacial score (nSPS) is 6.83. The largest absolute Gasteiger partial charge is 0.516 e. The molecule has 0 amide bonds. The van der Waals surface area contributed by atoms with Gasteiger partial charge in [0, 0.05) is 6.61 Å². The summed E-state index contributed by atoms with van der Waals surface area (Å²) in [7, 11) is 0. The summed E-state index contributed by atoms with van der Waals surface area (Å²) < 4.78 is 4.61. The van der Waals surface area contributed by atoms with Gasteiger partial charge in [-0.05, 0) is 6.42 Å². The fourth-order valence-corrected chi connectivity index (χ4v) is 0.354. The van der Waals surface area contributed by atoms with E-state index in [-0.39, 0.29) is 12.4 Å². The van der Waals surface area contributed by atoms with Crippen molar-refractivity contribution in [2.24, 2.45) is 0 Å². The maximum absolute atomic E-state index is 4.61. The van der Waals surface area contributed by atoms with Gasteiger partial charge in [0.1, 0.15) is 0 Å². The van der Waals surface area contributed by atoms with E-state index in [0.29, 0.717) is 0 Å². The van der Waals surface area contributed by atoms with Crippen molar-refractivity contribution < 1.29 is 3.79 Å². The second-order valence-electron chi connectivity index (χ2n) is 0.871. The molecule has 2 radical (unpaired) electrons. The van der Waals surface area contributed by atoms with Gasteiger partial charge in [0.2, 0.25) is 0 Å². The van der Waals surface area contributed by atoms with Crippen molar-refractivity contribution in [2.45, 2.75) is 13.3 Å². The summed E-state index contributed by atoms with van der Waals surface area (Å²) in [4.78, 5) is 0. The molecule has 0 atom stereocenters. The molecule has 0 bridgehead atoms. The second kappa shape index (κ2) is 9.24. The lowest BCUT2D eigenvalue weighted by molar-refractivity contribution is 0.349. The van der Waals surface area contributed by atoms with Crippen LogP contribution in [-0.2, 0) is 3.79 Å². The Balaban J connectivity index is 0. The maximum atomic E-state index is 4.61. The highest BCUT2D eigenvalue weighted by Gasteiger charge is 1.65. The predicted molar refractivity (Wildman–Crippen MR) is 29.2 cm³/mol. The predicted octanol–water partition coefficient (Wildman–Crippen LogP) is 0.918. The summed E-state index contributed by atoms with van der Waals surface area (Å²) in [5.41, 5.74) is 0.